The fourth-order valence-corrected chi connectivity index (χ4v) is 2.38. The fraction of sp³-hybridized carbons (Fsp3) is 0.562. The van der Waals surface area contributed by atoms with Crippen molar-refractivity contribution in [3.8, 4) is 0 Å². The van der Waals surface area contributed by atoms with Crippen LogP contribution in [-0.4, -0.2) is 30.8 Å². The minimum Gasteiger partial charge on any atom is -0.399 e. The standard InChI is InChI=1S/C16H21BF3NO3/c1-6-21-13(22)10-7-8-12(11(9-10)16(18,19)20)17-23-14(2,3)15(4,5)24-17/h7-9H,6H2,1-5H3,(H,21,22). The normalized spacial score (nSPS) is 19.4. The van der Waals surface area contributed by atoms with Crippen LogP contribution in [0.5, 0.6) is 0 Å². The van der Waals surface area contributed by atoms with Gasteiger partial charge in [-0.05, 0) is 52.2 Å². The zero-order chi connectivity index (χ0) is 18.3. The number of alkyl halides is 3. The average molecular weight is 343 g/mol. The van der Waals surface area contributed by atoms with E-state index in [0.29, 0.717) is 6.54 Å². The Balaban J connectivity index is 2.46. The summed E-state index contributed by atoms with van der Waals surface area (Å²) in [4.78, 5) is 11.8. The molecule has 132 valence electrons. The first-order valence-corrected chi connectivity index (χ1v) is 7.74. The second kappa shape index (κ2) is 6.08. The van der Waals surface area contributed by atoms with Gasteiger partial charge in [0.2, 0.25) is 0 Å². The zero-order valence-corrected chi connectivity index (χ0v) is 14.4. The summed E-state index contributed by atoms with van der Waals surface area (Å²) in [5.41, 5.74) is -2.61. The van der Waals surface area contributed by atoms with Gasteiger partial charge >= 0.3 is 13.3 Å². The van der Waals surface area contributed by atoms with Crippen LogP contribution < -0.4 is 10.8 Å². The Morgan fingerprint density at radius 3 is 2.17 bits per heavy atom. The molecule has 0 aromatic heterocycles. The molecule has 0 bridgehead atoms. The van der Waals surface area contributed by atoms with E-state index in [-0.39, 0.29) is 11.0 Å². The van der Waals surface area contributed by atoms with Crippen molar-refractivity contribution in [2.24, 2.45) is 0 Å². The van der Waals surface area contributed by atoms with Crippen molar-refractivity contribution in [3.63, 3.8) is 0 Å². The van der Waals surface area contributed by atoms with Crippen molar-refractivity contribution >= 4 is 18.5 Å². The minimum absolute atomic E-state index is 0.0514. The molecular formula is C16H21BF3NO3. The molecule has 1 aromatic carbocycles. The van der Waals surface area contributed by atoms with Crippen molar-refractivity contribution in [1.29, 1.82) is 0 Å². The summed E-state index contributed by atoms with van der Waals surface area (Å²) in [6, 6.07) is 3.43. The highest BCUT2D eigenvalue weighted by atomic mass is 19.4. The third kappa shape index (κ3) is 3.44. The Kier molecular flexibility index (Phi) is 4.76. The Labute approximate surface area is 139 Å². The smallest absolute Gasteiger partial charge is 0.399 e. The quantitative estimate of drug-likeness (QED) is 0.859. The largest absolute Gasteiger partial charge is 0.495 e. The predicted octanol–water partition coefficient (Wildman–Crippen LogP) is 2.75. The summed E-state index contributed by atoms with van der Waals surface area (Å²) in [7, 11) is -1.14. The van der Waals surface area contributed by atoms with Crippen LogP contribution in [0.4, 0.5) is 13.2 Å². The monoisotopic (exact) mass is 343 g/mol. The Hall–Kier alpha value is -1.54. The SMILES string of the molecule is CCNC(=O)c1ccc(B2OC(C)(C)C(C)(C)O2)c(C(F)(F)F)c1. The van der Waals surface area contributed by atoms with E-state index in [1.165, 1.54) is 12.1 Å². The summed E-state index contributed by atoms with van der Waals surface area (Å²) in [6.07, 6.45) is -4.62. The highest BCUT2D eigenvalue weighted by Crippen LogP contribution is 2.38. The lowest BCUT2D eigenvalue weighted by Crippen LogP contribution is -2.41. The highest BCUT2D eigenvalue weighted by Gasteiger charge is 2.53. The molecule has 1 fully saturated rings. The Morgan fingerprint density at radius 1 is 1.17 bits per heavy atom. The van der Waals surface area contributed by atoms with E-state index >= 15 is 0 Å². The van der Waals surface area contributed by atoms with E-state index in [1.54, 1.807) is 34.6 Å². The molecule has 0 saturated carbocycles. The van der Waals surface area contributed by atoms with Crippen LogP contribution in [-0.2, 0) is 15.5 Å². The van der Waals surface area contributed by atoms with E-state index in [9.17, 15) is 18.0 Å². The minimum atomic E-state index is -4.62. The van der Waals surface area contributed by atoms with Crippen molar-refractivity contribution in [1.82, 2.24) is 5.32 Å². The number of rotatable bonds is 3. The van der Waals surface area contributed by atoms with Crippen LogP contribution in [0.1, 0.15) is 50.5 Å². The lowest BCUT2D eigenvalue weighted by atomic mass is 9.75. The molecule has 8 heteroatoms. The summed E-state index contributed by atoms with van der Waals surface area (Å²) in [5, 5.41) is 2.49. The summed E-state index contributed by atoms with van der Waals surface area (Å²) < 4.78 is 51.8. The molecule has 1 aromatic rings. The molecule has 1 N–H and O–H groups in total. The average Bonchev–Trinajstić information content (AvgIpc) is 2.66. The molecule has 1 amide bonds. The molecular weight excluding hydrogens is 322 g/mol. The molecule has 24 heavy (non-hydrogen) atoms. The van der Waals surface area contributed by atoms with E-state index in [4.69, 9.17) is 9.31 Å². The van der Waals surface area contributed by atoms with Crippen molar-refractivity contribution in [3.05, 3.63) is 29.3 Å². The van der Waals surface area contributed by atoms with Gasteiger partial charge in [0.25, 0.3) is 5.91 Å². The maximum absolute atomic E-state index is 13.5. The molecule has 0 radical (unpaired) electrons. The fourth-order valence-electron chi connectivity index (χ4n) is 2.38. The van der Waals surface area contributed by atoms with E-state index in [0.717, 1.165) is 6.07 Å². The third-order valence-electron chi connectivity index (χ3n) is 4.47. The van der Waals surface area contributed by atoms with E-state index < -0.39 is 36.0 Å². The van der Waals surface area contributed by atoms with Gasteiger partial charge in [-0.15, -0.1) is 0 Å². The Bertz CT molecular complexity index is 628. The molecule has 0 spiro atoms. The highest BCUT2D eigenvalue weighted by molar-refractivity contribution is 6.62. The van der Waals surface area contributed by atoms with Crippen LogP contribution in [0, 0.1) is 0 Å². The van der Waals surface area contributed by atoms with Gasteiger partial charge in [-0.3, -0.25) is 4.79 Å². The van der Waals surface area contributed by atoms with Gasteiger partial charge < -0.3 is 14.6 Å². The molecule has 1 heterocycles. The topological polar surface area (TPSA) is 47.6 Å². The second-order valence-corrected chi connectivity index (χ2v) is 6.75. The van der Waals surface area contributed by atoms with Crippen LogP contribution in [0.25, 0.3) is 0 Å². The maximum Gasteiger partial charge on any atom is 0.495 e. The number of nitrogens with one attached hydrogen (secondary N) is 1. The number of benzene rings is 1. The summed E-state index contributed by atoms with van der Waals surface area (Å²) >= 11 is 0. The lowest BCUT2D eigenvalue weighted by Gasteiger charge is -2.32. The van der Waals surface area contributed by atoms with Gasteiger partial charge in [-0.25, -0.2) is 0 Å². The van der Waals surface area contributed by atoms with Crippen LogP contribution in [0.3, 0.4) is 0 Å². The van der Waals surface area contributed by atoms with E-state index in [1.807, 2.05) is 0 Å². The number of amides is 1. The van der Waals surface area contributed by atoms with Gasteiger partial charge in [-0.2, -0.15) is 13.2 Å². The molecule has 0 aliphatic carbocycles. The molecule has 2 rings (SSSR count). The predicted molar refractivity (Wildman–Crippen MR) is 85.2 cm³/mol. The number of hydrogen-bond donors (Lipinski definition) is 1. The van der Waals surface area contributed by atoms with Crippen LogP contribution >= 0.6 is 0 Å². The number of carbonyl (C=O) groups excluding carboxylic acids is 1. The first-order chi connectivity index (χ1) is 10.9. The van der Waals surface area contributed by atoms with Crippen molar-refractivity contribution < 1.29 is 27.3 Å². The third-order valence-corrected chi connectivity index (χ3v) is 4.47. The molecule has 4 nitrogen and oxygen atoms in total. The summed E-state index contributed by atoms with van der Waals surface area (Å²) in [6.45, 7) is 9.10. The van der Waals surface area contributed by atoms with E-state index in [2.05, 4.69) is 5.32 Å². The first kappa shape index (κ1) is 18.8. The molecule has 0 atom stereocenters. The first-order valence-electron chi connectivity index (χ1n) is 7.74. The van der Waals surface area contributed by atoms with Gasteiger partial charge in [0.15, 0.2) is 0 Å². The van der Waals surface area contributed by atoms with Gasteiger partial charge in [0, 0.05) is 12.1 Å². The molecule has 1 aliphatic heterocycles. The molecule has 0 unspecified atom stereocenters. The number of hydrogen-bond acceptors (Lipinski definition) is 3. The lowest BCUT2D eigenvalue weighted by molar-refractivity contribution is -0.136. The van der Waals surface area contributed by atoms with Gasteiger partial charge in [0.1, 0.15) is 0 Å². The van der Waals surface area contributed by atoms with Crippen molar-refractivity contribution in [2.45, 2.75) is 52.0 Å². The number of halogens is 3. The van der Waals surface area contributed by atoms with Gasteiger partial charge in [0.05, 0.1) is 16.8 Å². The van der Waals surface area contributed by atoms with Crippen LogP contribution in [0.2, 0.25) is 0 Å². The van der Waals surface area contributed by atoms with Gasteiger partial charge in [-0.1, -0.05) is 6.07 Å². The van der Waals surface area contributed by atoms with Crippen molar-refractivity contribution in [2.75, 3.05) is 6.54 Å². The Morgan fingerprint density at radius 2 is 1.71 bits per heavy atom. The molecule has 1 saturated heterocycles. The van der Waals surface area contributed by atoms with Crippen LogP contribution in [0.15, 0.2) is 18.2 Å². The summed E-state index contributed by atoms with van der Waals surface area (Å²) in [5.74, 6) is -0.552. The second-order valence-electron chi connectivity index (χ2n) is 6.75. The number of carbonyl (C=O) groups is 1. The molecule has 1 aliphatic rings. The zero-order valence-electron chi connectivity index (χ0n) is 14.4. The maximum atomic E-state index is 13.5.